The third-order valence-corrected chi connectivity index (χ3v) is 3.25. The largest absolute Gasteiger partial charge is 0.485 e. The number of hydrogen-bond donors (Lipinski definition) is 1. The van der Waals surface area contributed by atoms with Crippen LogP contribution in [0, 0.1) is 0 Å². The van der Waals surface area contributed by atoms with Crippen LogP contribution in [0.15, 0.2) is 24.3 Å². The van der Waals surface area contributed by atoms with Crippen molar-refractivity contribution in [2.75, 3.05) is 17.6 Å². The predicted molar refractivity (Wildman–Crippen MR) is 69.4 cm³/mol. The van der Waals surface area contributed by atoms with Gasteiger partial charge in [-0.2, -0.15) is 0 Å². The second-order valence-corrected chi connectivity index (χ2v) is 6.67. The summed E-state index contributed by atoms with van der Waals surface area (Å²) in [4.78, 5) is 0. The number of rotatable bonds is 5. The van der Waals surface area contributed by atoms with Gasteiger partial charge in [-0.15, -0.1) is 0 Å². The maximum absolute atomic E-state index is 11.1. The van der Waals surface area contributed by atoms with Gasteiger partial charge in [0.15, 0.2) is 0 Å². The maximum atomic E-state index is 11.1. The van der Waals surface area contributed by atoms with Gasteiger partial charge in [-0.05, 0) is 38.1 Å². The van der Waals surface area contributed by atoms with E-state index in [1.54, 1.807) is 24.3 Å². The second kappa shape index (κ2) is 4.44. The average molecular weight is 271 g/mol. The van der Waals surface area contributed by atoms with E-state index in [4.69, 9.17) is 9.47 Å². The molecule has 6 heteroatoms. The lowest BCUT2D eigenvalue weighted by Gasteiger charge is -2.24. The lowest BCUT2D eigenvalue weighted by Crippen LogP contribution is -2.34. The van der Waals surface area contributed by atoms with Crippen LogP contribution in [-0.4, -0.2) is 33.0 Å². The van der Waals surface area contributed by atoms with Crippen LogP contribution in [-0.2, 0) is 14.8 Å². The highest BCUT2D eigenvalue weighted by atomic mass is 32.2. The molecule has 0 amide bonds. The van der Waals surface area contributed by atoms with Crippen molar-refractivity contribution in [1.29, 1.82) is 0 Å². The molecular weight excluding hydrogens is 254 g/mol. The molecule has 1 saturated heterocycles. The van der Waals surface area contributed by atoms with Crippen LogP contribution < -0.4 is 9.46 Å². The van der Waals surface area contributed by atoms with Crippen LogP contribution in [0.2, 0.25) is 0 Å². The Morgan fingerprint density at radius 2 is 1.89 bits per heavy atom. The van der Waals surface area contributed by atoms with Crippen LogP contribution in [0.5, 0.6) is 5.75 Å². The number of nitrogens with one attached hydrogen (secondary N) is 1. The minimum Gasteiger partial charge on any atom is -0.485 e. The monoisotopic (exact) mass is 271 g/mol. The number of hydrogen-bond acceptors (Lipinski definition) is 4. The Bertz CT molecular complexity index is 518. The molecule has 18 heavy (non-hydrogen) atoms. The molecule has 0 saturated carbocycles. The molecule has 1 aliphatic heterocycles. The van der Waals surface area contributed by atoms with E-state index in [2.05, 4.69) is 4.72 Å². The molecule has 5 nitrogen and oxygen atoms in total. The summed E-state index contributed by atoms with van der Waals surface area (Å²) in [6.07, 6.45) is 1.25. The van der Waals surface area contributed by atoms with Crippen molar-refractivity contribution in [2.24, 2.45) is 0 Å². The Hall–Kier alpha value is -1.27. The fourth-order valence-electron chi connectivity index (χ4n) is 1.62. The minimum absolute atomic E-state index is 0.131. The van der Waals surface area contributed by atoms with E-state index < -0.39 is 10.0 Å². The van der Waals surface area contributed by atoms with Crippen molar-refractivity contribution in [3.63, 3.8) is 0 Å². The quantitative estimate of drug-likeness (QED) is 0.826. The van der Waals surface area contributed by atoms with Gasteiger partial charge in [-0.3, -0.25) is 4.72 Å². The molecule has 1 unspecified atom stereocenters. The van der Waals surface area contributed by atoms with Gasteiger partial charge in [0.1, 0.15) is 17.5 Å². The Balaban J connectivity index is 2.03. The van der Waals surface area contributed by atoms with Gasteiger partial charge in [0, 0.05) is 5.69 Å². The van der Waals surface area contributed by atoms with E-state index >= 15 is 0 Å². The van der Waals surface area contributed by atoms with Crippen LogP contribution >= 0.6 is 0 Å². The average Bonchev–Trinajstić information content (AvgIpc) is 3.01. The Morgan fingerprint density at radius 3 is 2.33 bits per heavy atom. The van der Waals surface area contributed by atoms with E-state index in [-0.39, 0.29) is 11.7 Å². The molecule has 0 radical (unpaired) electrons. The normalized spacial score (nSPS) is 19.4. The molecule has 1 aromatic carbocycles. The molecule has 0 bridgehead atoms. The number of anilines is 1. The molecule has 0 spiro atoms. The Morgan fingerprint density at radius 1 is 1.33 bits per heavy atom. The minimum atomic E-state index is -3.24. The molecule has 1 N–H and O–H groups in total. The first-order valence-electron chi connectivity index (χ1n) is 5.65. The molecular formula is C12H17NO4S. The summed E-state index contributed by atoms with van der Waals surface area (Å²) in [5, 5.41) is 0. The summed E-state index contributed by atoms with van der Waals surface area (Å²) in [5.41, 5.74) is 0.150. The standard InChI is InChI=1S/C12H17NO4S/c1-12(2,11-8-16-11)17-10-6-4-9(5-7-10)13-18(3,14)15/h4-7,11,13H,8H2,1-3H3. The molecule has 1 aromatic rings. The second-order valence-electron chi connectivity index (χ2n) is 4.93. The highest BCUT2D eigenvalue weighted by Crippen LogP contribution is 2.30. The van der Waals surface area contributed by atoms with Crippen LogP contribution in [0.3, 0.4) is 0 Å². The lowest BCUT2D eigenvalue weighted by atomic mass is 10.1. The van der Waals surface area contributed by atoms with Crippen molar-refractivity contribution in [1.82, 2.24) is 0 Å². The summed E-state index contributed by atoms with van der Waals surface area (Å²) in [6.45, 7) is 4.65. The highest BCUT2D eigenvalue weighted by molar-refractivity contribution is 7.92. The van der Waals surface area contributed by atoms with E-state index in [9.17, 15) is 8.42 Å². The smallest absolute Gasteiger partial charge is 0.229 e. The topological polar surface area (TPSA) is 67.9 Å². The third kappa shape index (κ3) is 3.61. The molecule has 100 valence electrons. The number of sulfonamides is 1. The molecule has 1 aliphatic rings. The summed E-state index contributed by atoms with van der Waals surface area (Å²) >= 11 is 0. The van der Waals surface area contributed by atoms with Crippen molar-refractivity contribution < 1.29 is 17.9 Å². The zero-order valence-corrected chi connectivity index (χ0v) is 11.5. The molecule has 1 fully saturated rings. The van der Waals surface area contributed by atoms with E-state index in [1.807, 2.05) is 13.8 Å². The number of epoxide rings is 1. The molecule has 0 aromatic heterocycles. The van der Waals surface area contributed by atoms with Crippen molar-refractivity contribution in [2.45, 2.75) is 25.6 Å². The van der Waals surface area contributed by atoms with Crippen molar-refractivity contribution >= 4 is 15.7 Å². The predicted octanol–water partition coefficient (Wildman–Crippen LogP) is 1.61. The first kappa shape index (κ1) is 13.2. The third-order valence-electron chi connectivity index (χ3n) is 2.65. The molecule has 2 rings (SSSR count). The highest BCUT2D eigenvalue weighted by Gasteiger charge is 2.41. The lowest BCUT2D eigenvalue weighted by molar-refractivity contribution is 0.0744. The molecule has 1 atom stereocenters. The van der Waals surface area contributed by atoms with Gasteiger partial charge in [0.2, 0.25) is 10.0 Å². The molecule has 1 heterocycles. The summed E-state index contributed by atoms with van der Waals surface area (Å²) in [7, 11) is -3.24. The Kier molecular flexibility index (Phi) is 3.25. The number of benzene rings is 1. The SMILES string of the molecule is CC(C)(Oc1ccc(NS(C)(=O)=O)cc1)C1CO1. The van der Waals surface area contributed by atoms with Crippen molar-refractivity contribution in [3.05, 3.63) is 24.3 Å². The van der Waals surface area contributed by atoms with Gasteiger partial charge in [0.05, 0.1) is 12.9 Å². The Labute approximate surface area is 107 Å². The molecule has 0 aliphatic carbocycles. The summed E-state index contributed by atoms with van der Waals surface area (Å²) in [6, 6.07) is 6.80. The zero-order valence-electron chi connectivity index (χ0n) is 10.6. The van der Waals surface area contributed by atoms with E-state index in [0.717, 1.165) is 12.9 Å². The van der Waals surface area contributed by atoms with Gasteiger partial charge in [-0.25, -0.2) is 8.42 Å². The summed E-state index contributed by atoms with van der Waals surface area (Å²) in [5.74, 6) is 0.689. The van der Waals surface area contributed by atoms with E-state index in [1.165, 1.54) is 0 Å². The number of ether oxygens (including phenoxy) is 2. The van der Waals surface area contributed by atoms with Gasteiger partial charge in [-0.1, -0.05) is 0 Å². The fourth-order valence-corrected chi connectivity index (χ4v) is 2.19. The summed E-state index contributed by atoms with van der Waals surface area (Å²) < 4.78 is 35.5. The van der Waals surface area contributed by atoms with Gasteiger partial charge < -0.3 is 9.47 Å². The van der Waals surface area contributed by atoms with Gasteiger partial charge >= 0.3 is 0 Å². The van der Waals surface area contributed by atoms with Crippen LogP contribution in [0.4, 0.5) is 5.69 Å². The maximum Gasteiger partial charge on any atom is 0.229 e. The first-order chi connectivity index (χ1) is 8.26. The first-order valence-corrected chi connectivity index (χ1v) is 7.54. The van der Waals surface area contributed by atoms with Crippen LogP contribution in [0.25, 0.3) is 0 Å². The zero-order chi connectivity index (χ0) is 13.4. The van der Waals surface area contributed by atoms with Crippen LogP contribution in [0.1, 0.15) is 13.8 Å². The van der Waals surface area contributed by atoms with Gasteiger partial charge in [0.25, 0.3) is 0 Å². The fraction of sp³-hybridized carbons (Fsp3) is 0.500. The van der Waals surface area contributed by atoms with Crippen molar-refractivity contribution in [3.8, 4) is 5.75 Å². The van der Waals surface area contributed by atoms with E-state index in [0.29, 0.717) is 11.4 Å².